The molecule has 0 spiro atoms. The molecule has 0 aliphatic heterocycles. The smallest absolute Gasteiger partial charge is 0.0575 e. The Labute approximate surface area is 123 Å². The molecule has 0 bridgehead atoms. The molecular formula is C17H30N2O. The van der Waals surface area contributed by atoms with E-state index in [4.69, 9.17) is 4.74 Å². The highest BCUT2D eigenvalue weighted by atomic mass is 16.5. The zero-order valence-corrected chi connectivity index (χ0v) is 13.4. The Hall–Kier alpha value is -0.800. The van der Waals surface area contributed by atoms with Gasteiger partial charge in [-0.1, -0.05) is 19.3 Å². The maximum Gasteiger partial charge on any atom is 0.0575 e. The molecular weight excluding hydrogens is 248 g/mol. The van der Waals surface area contributed by atoms with Gasteiger partial charge in [-0.15, -0.1) is 0 Å². The molecule has 114 valence electrons. The number of aromatic nitrogens is 1. The van der Waals surface area contributed by atoms with Crippen molar-refractivity contribution in [1.29, 1.82) is 0 Å². The number of ether oxygens (including phenoxy) is 1. The van der Waals surface area contributed by atoms with Crippen LogP contribution in [0.5, 0.6) is 0 Å². The van der Waals surface area contributed by atoms with E-state index in [-0.39, 0.29) is 0 Å². The van der Waals surface area contributed by atoms with Crippen molar-refractivity contribution >= 4 is 0 Å². The van der Waals surface area contributed by atoms with Crippen LogP contribution >= 0.6 is 0 Å². The molecule has 1 aliphatic rings. The van der Waals surface area contributed by atoms with Crippen LogP contribution in [0, 0.1) is 13.8 Å². The predicted octanol–water partition coefficient (Wildman–Crippen LogP) is 3.47. The molecule has 1 fully saturated rings. The maximum atomic E-state index is 5.94. The lowest BCUT2D eigenvalue weighted by Crippen LogP contribution is -2.20. The highest BCUT2D eigenvalue weighted by Crippen LogP contribution is 2.20. The lowest BCUT2D eigenvalue weighted by molar-refractivity contribution is 0.0273. The number of nitrogens with one attached hydrogen (secondary N) is 1. The molecule has 0 saturated heterocycles. The molecule has 3 heteroatoms. The summed E-state index contributed by atoms with van der Waals surface area (Å²) in [6.45, 7) is 7.27. The molecule has 20 heavy (non-hydrogen) atoms. The average molecular weight is 278 g/mol. The van der Waals surface area contributed by atoms with Gasteiger partial charge in [0.25, 0.3) is 0 Å². The van der Waals surface area contributed by atoms with Gasteiger partial charge in [0.2, 0.25) is 0 Å². The van der Waals surface area contributed by atoms with Crippen LogP contribution in [0.25, 0.3) is 0 Å². The summed E-state index contributed by atoms with van der Waals surface area (Å²) in [4.78, 5) is 0. The second kappa shape index (κ2) is 7.84. The fourth-order valence-electron chi connectivity index (χ4n) is 3.01. The third-order valence-electron chi connectivity index (χ3n) is 4.60. The first kappa shape index (κ1) is 15.6. The molecule has 0 unspecified atom stereocenters. The molecule has 0 atom stereocenters. The van der Waals surface area contributed by atoms with E-state index in [0.717, 1.165) is 26.1 Å². The Bertz CT molecular complexity index is 405. The number of rotatable bonds is 7. The SMILES string of the molecule is Cc1cc(CNCCCOC2CCCCC2)c(C)n1C. The Kier molecular flexibility index (Phi) is 6.11. The Morgan fingerprint density at radius 2 is 2.00 bits per heavy atom. The zero-order valence-electron chi connectivity index (χ0n) is 13.4. The Morgan fingerprint density at radius 1 is 1.25 bits per heavy atom. The van der Waals surface area contributed by atoms with Crippen molar-refractivity contribution in [1.82, 2.24) is 9.88 Å². The standard InChI is InChI=1S/C17H30N2O/c1-14-12-16(15(2)19(14)3)13-18-10-7-11-20-17-8-5-4-6-9-17/h12,17-18H,4-11,13H2,1-3H3. The summed E-state index contributed by atoms with van der Waals surface area (Å²) in [5.41, 5.74) is 4.12. The number of nitrogens with zero attached hydrogens (tertiary/aromatic N) is 1. The van der Waals surface area contributed by atoms with Crippen LogP contribution in [0.2, 0.25) is 0 Å². The Balaban J connectivity index is 1.56. The van der Waals surface area contributed by atoms with Gasteiger partial charge in [-0.25, -0.2) is 0 Å². The van der Waals surface area contributed by atoms with Gasteiger partial charge < -0.3 is 14.6 Å². The zero-order chi connectivity index (χ0) is 14.4. The summed E-state index contributed by atoms with van der Waals surface area (Å²) in [6, 6.07) is 2.28. The van der Waals surface area contributed by atoms with E-state index in [1.807, 2.05) is 0 Å². The number of aryl methyl sites for hydroxylation is 1. The largest absolute Gasteiger partial charge is 0.378 e. The van der Waals surface area contributed by atoms with E-state index < -0.39 is 0 Å². The molecule has 3 nitrogen and oxygen atoms in total. The van der Waals surface area contributed by atoms with Crippen LogP contribution in [-0.4, -0.2) is 23.8 Å². The van der Waals surface area contributed by atoms with E-state index in [1.165, 1.54) is 49.1 Å². The maximum absolute atomic E-state index is 5.94. The highest BCUT2D eigenvalue weighted by molar-refractivity contribution is 5.26. The van der Waals surface area contributed by atoms with E-state index in [9.17, 15) is 0 Å². The molecule has 1 aromatic rings. The first-order chi connectivity index (χ1) is 9.68. The molecule has 0 aromatic carbocycles. The van der Waals surface area contributed by atoms with Gasteiger partial charge in [0.05, 0.1) is 6.10 Å². The number of hydrogen-bond donors (Lipinski definition) is 1. The van der Waals surface area contributed by atoms with Crippen LogP contribution in [0.4, 0.5) is 0 Å². The molecule has 1 saturated carbocycles. The average Bonchev–Trinajstić information content (AvgIpc) is 2.71. The molecule has 0 radical (unpaired) electrons. The topological polar surface area (TPSA) is 26.2 Å². The first-order valence-corrected chi connectivity index (χ1v) is 8.12. The lowest BCUT2D eigenvalue weighted by atomic mass is 9.98. The molecule has 1 aliphatic carbocycles. The van der Waals surface area contributed by atoms with Crippen LogP contribution in [0.15, 0.2) is 6.07 Å². The summed E-state index contributed by atoms with van der Waals surface area (Å²) >= 11 is 0. The van der Waals surface area contributed by atoms with Gasteiger partial charge in [-0.2, -0.15) is 0 Å². The Morgan fingerprint density at radius 3 is 2.65 bits per heavy atom. The van der Waals surface area contributed by atoms with Gasteiger partial charge in [0.15, 0.2) is 0 Å². The van der Waals surface area contributed by atoms with E-state index in [1.54, 1.807) is 0 Å². The quantitative estimate of drug-likeness (QED) is 0.773. The first-order valence-electron chi connectivity index (χ1n) is 8.12. The van der Waals surface area contributed by atoms with Crippen molar-refractivity contribution in [3.05, 3.63) is 23.0 Å². The van der Waals surface area contributed by atoms with Crippen molar-refractivity contribution in [2.24, 2.45) is 7.05 Å². The van der Waals surface area contributed by atoms with Crippen LogP contribution < -0.4 is 5.32 Å². The second-order valence-electron chi connectivity index (χ2n) is 6.12. The monoisotopic (exact) mass is 278 g/mol. The van der Waals surface area contributed by atoms with Gasteiger partial charge in [-0.05, 0) is 51.3 Å². The summed E-state index contributed by atoms with van der Waals surface area (Å²) in [5.74, 6) is 0. The molecule has 1 heterocycles. The summed E-state index contributed by atoms with van der Waals surface area (Å²) in [5, 5.41) is 3.53. The van der Waals surface area contributed by atoms with E-state index in [2.05, 4.69) is 36.8 Å². The van der Waals surface area contributed by atoms with Crippen molar-refractivity contribution < 1.29 is 4.74 Å². The number of hydrogen-bond acceptors (Lipinski definition) is 2. The highest BCUT2D eigenvalue weighted by Gasteiger charge is 2.12. The lowest BCUT2D eigenvalue weighted by Gasteiger charge is -2.21. The molecule has 1 aromatic heterocycles. The van der Waals surface area contributed by atoms with Crippen LogP contribution in [0.1, 0.15) is 55.5 Å². The van der Waals surface area contributed by atoms with Crippen molar-refractivity contribution in [2.75, 3.05) is 13.2 Å². The van der Waals surface area contributed by atoms with Crippen molar-refractivity contribution in [3.63, 3.8) is 0 Å². The minimum Gasteiger partial charge on any atom is -0.378 e. The minimum absolute atomic E-state index is 0.544. The van der Waals surface area contributed by atoms with Gasteiger partial charge in [0.1, 0.15) is 0 Å². The third-order valence-corrected chi connectivity index (χ3v) is 4.60. The van der Waals surface area contributed by atoms with E-state index in [0.29, 0.717) is 6.10 Å². The minimum atomic E-state index is 0.544. The van der Waals surface area contributed by atoms with Crippen LogP contribution in [0.3, 0.4) is 0 Å². The van der Waals surface area contributed by atoms with Gasteiger partial charge in [-0.3, -0.25) is 0 Å². The molecule has 1 N–H and O–H groups in total. The predicted molar refractivity (Wildman–Crippen MR) is 84.0 cm³/mol. The molecule has 2 rings (SSSR count). The van der Waals surface area contributed by atoms with Crippen LogP contribution in [-0.2, 0) is 18.3 Å². The summed E-state index contributed by atoms with van der Waals surface area (Å²) < 4.78 is 8.19. The summed E-state index contributed by atoms with van der Waals surface area (Å²) in [6.07, 6.45) is 8.32. The summed E-state index contributed by atoms with van der Waals surface area (Å²) in [7, 11) is 2.13. The van der Waals surface area contributed by atoms with Crippen molar-refractivity contribution in [2.45, 2.75) is 65.0 Å². The van der Waals surface area contributed by atoms with E-state index >= 15 is 0 Å². The van der Waals surface area contributed by atoms with Gasteiger partial charge >= 0.3 is 0 Å². The van der Waals surface area contributed by atoms with Gasteiger partial charge in [0, 0.05) is 31.6 Å². The third kappa shape index (κ3) is 4.35. The van der Waals surface area contributed by atoms with Crippen molar-refractivity contribution in [3.8, 4) is 0 Å². The fourth-order valence-corrected chi connectivity index (χ4v) is 3.01. The fraction of sp³-hybridized carbons (Fsp3) is 0.765. The molecule has 0 amide bonds. The normalized spacial score (nSPS) is 16.8. The second-order valence-corrected chi connectivity index (χ2v) is 6.12.